The minimum atomic E-state index is 0.213. The average molecular weight is 596 g/mol. The zero-order valence-corrected chi connectivity index (χ0v) is 26.3. The van der Waals surface area contributed by atoms with Crippen LogP contribution in [0.3, 0.4) is 0 Å². The van der Waals surface area contributed by atoms with Crippen LogP contribution in [-0.2, 0) is 0 Å². The van der Waals surface area contributed by atoms with Crippen LogP contribution in [0, 0.1) is 0 Å². The first-order chi connectivity index (χ1) is 22.1. The third-order valence-corrected chi connectivity index (χ3v) is 9.52. The number of methoxy groups -OCH3 is 1. The molecule has 0 saturated carbocycles. The lowest BCUT2D eigenvalue weighted by Crippen LogP contribution is -2.39. The number of aromatic amines is 3. The Balaban J connectivity index is 1.10. The molecule has 3 heterocycles. The van der Waals surface area contributed by atoms with Gasteiger partial charge in [-0.05, 0) is 82.8 Å². The Morgan fingerprint density at radius 1 is 0.578 bits per heavy atom. The van der Waals surface area contributed by atoms with E-state index in [0.717, 1.165) is 42.6 Å². The molecule has 0 radical (unpaired) electrons. The first kappa shape index (κ1) is 29.0. The van der Waals surface area contributed by atoms with Gasteiger partial charge in [0, 0.05) is 85.1 Å². The molecule has 6 nitrogen and oxygen atoms in total. The molecule has 7 aromatic rings. The van der Waals surface area contributed by atoms with Crippen molar-refractivity contribution in [3.05, 3.63) is 138 Å². The third kappa shape index (κ3) is 5.87. The number of fused-ring (bicyclic) bond motifs is 3. The number of nitrogens with zero attached hydrogens (tertiary/aromatic N) is 2. The Morgan fingerprint density at radius 3 is 2.02 bits per heavy atom. The fraction of sp³-hybridized carbons (Fsp3) is 0.231. The summed E-state index contributed by atoms with van der Waals surface area (Å²) in [6.07, 6.45) is 7.99. The largest absolute Gasteiger partial charge is 0.496 e. The molecule has 0 fully saturated rings. The van der Waals surface area contributed by atoms with Crippen molar-refractivity contribution in [1.29, 1.82) is 0 Å². The molecule has 0 saturated heterocycles. The highest BCUT2D eigenvalue weighted by molar-refractivity contribution is 5.87. The summed E-state index contributed by atoms with van der Waals surface area (Å²) in [5.74, 6) is 1.45. The molecule has 4 aromatic carbocycles. The number of ether oxygens (including phenoxy) is 1. The summed E-state index contributed by atoms with van der Waals surface area (Å²) < 4.78 is 6.02. The molecule has 3 N–H and O–H groups in total. The van der Waals surface area contributed by atoms with E-state index in [-0.39, 0.29) is 11.8 Å². The minimum Gasteiger partial charge on any atom is -0.496 e. The number of H-pyrrole nitrogens is 3. The van der Waals surface area contributed by atoms with Crippen LogP contribution < -0.4 is 4.74 Å². The SMILES string of the molecule is COc1c(C(CCN(C)N(C)CCC(c2ccc3[nH]ccc3c2)c2ccc3cc[nH]c3c2)c2ccccc2)ccc2[nH]ccc12. The molecule has 0 bridgehead atoms. The van der Waals surface area contributed by atoms with Crippen LogP contribution in [0.15, 0.2) is 116 Å². The van der Waals surface area contributed by atoms with Gasteiger partial charge < -0.3 is 19.7 Å². The Morgan fingerprint density at radius 2 is 1.22 bits per heavy atom. The van der Waals surface area contributed by atoms with E-state index in [9.17, 15) is 0 Å². The molecular formula is C39H41N5O. The van der Waals surface area contributed by atoms with Gasteiger partial charge in [0.2, 0.25) is 0 Å². The van der Waals surface area contributed by atoms with Gasteiger partial charge in [-0.25, -0.2) is 10.0 Å². The van der Waals surface area contributed by atoms with Gasteiger partial charge in [-0.1, -0.05) is 54.6 Å². The van der Waals surface area contributed by atoms with E-state index < -0.39 is 0 Å². The fourth-order valence-electron chi connectivity index (χ4n) is 6.88. The van der Waals surface area contributed by atoms with Gasteiger partial charge in [0.1, 0.15) is 5.75 Å². The first-order valence-corrected chi connectivity index (χ1v) is 15.8. The molecule has 6 heteroatoms. The highest BCUT2D eigenvalue weighted by Crippen LogP contribution is 2.39. The van der Waals surface area contributed by atoms with Gasteiger partial charge in [0.05, 0.1) is 7.11 Å². The second-order valence-electron chi connectivity index (χ2n) is 12.1. The van der Waals surface area contributed by atoms with Gasteiger partial charge >= 0.3 is 0 Å². The van der Waals surface area contributed by atoms with Crippen molar-refractivity contribution in [2.24, 2.45) is 0 Å². The predicted molar refractivity (Wildman–Crippen MR) is 186 cm³/mol. The van der Waals surface area contributed by atoms with E-state index in [1.54, 1.807) is 7.11 Å². The standard InChI is InChI=1S/C39H41N5O/c1-43(23-18-32(29-11-13-36-31(25-29)16-21-40-36)30-10-9-28-15-20-42-38(28)26-30)44(2)24-19-33(27-7-5-4-6-8-27)34-12-14-37-35(17-22-41-37)39(34)45-3/h4-17,20-22,25-26,32-33,40-42H,18-19,23-24H2,1-3H3. The summed E-state index contributed by atoms with van der Waals surface area (Å²) in [7, 11) is 6.20. The molecule has 0 aliphatic heterocycles. The number of benzene rings is 4. The molecule has 0 spiro atoms. The topological polar surface area (TPSA) is 63.1 Å². The number of nitrogens with one attached hydrogen (secondary N) is 3. The Labute approximate surface area is 264 Å². The lowest BCUT2D eigenvalue weighted by molar-refractivity contribution is 0.0233. The summed E-state index contributed by atoms with van der Waals surface area (Å²) in [5.41, 5.74) is 8.68. The molecule has 7 rings (SSSR count). The number of hydrogen-bond donors (Lipinski definition) is 3. The average Bonchev–Trinajstić information content (AvgIpc) is 3.85. The highest BCUT2D eigenvalue weighted by Gasteiger charge is 2.23. The lowest BCUT2D eigenvalue weighted by atomic mass is 9.87. The van der Waals surface area contributed by atoms with Crippen molar-refractivity contribution in [3.63, 3.8) is 0 Å². The lowest BCUT2D eigenvalue weighted by Gasteiger charge is -2.32. The van der Waals surface area contributed by atoms with Crippen LogP contribution >= 0.6 is 0 Å². The normalized spacial score (nSPS) is 13.4. The maximum atomic E-state index is 6.02. The smallest absolute Gasteiger partial charge is 0.132 e. The molecule has 0 aliphatic rings. The van der Waals surface area contributed by atoms with Crippen LogP contribution in [0.4, 0.5) is 0 Å². The maximum Gasteiger partial charge on any atom is 0.132 e. The fourth-order valence-corrected chi connectivity index (χ4v) is 6.88. The molecule has 2 atom stereocenters. The minimum absolute atomic E-state index is 0.213. The quantitative estimate of drug-likeness (QED) is 0.124. The Bertz CT molecular complexity index is 1950. The summed E-state index contributed by atoms with van der Waals surface area (Å²) in [5, 5.41) is 8.38. The summed E-state index contributed by atoms with van der Waals surface area (Å²) in [6, 6.07) is 35.3. The number of hydrogen-bond acceptors (Lipinski definition) is 3. The van der Waals surface area contributed by atoms with Crippen LogP contribution in [0.25, 0.3) is 32.7 Å². The Kier molecular flexibility index (Phi) is 8.16. The molecule has 3 aromatic heterocycles. The molecule has 2 unspecified atom stereocenters. The van der Waals surface area contributed by atoms with E-state index in [1.165, 1.54) is 44.1 Å². The van der Waals surface area contributed by atoms with Gasteiger partial charge in [-0.3, -0.25) is 0 Å². The van der Waals surface area contributed by atoms with E-state index in [4.69, 9.17) is 4.74 Å². The molecule has 45 heavy (non-hydrogen) atoms. The summed E-state index contributed by atoms with van der Waals surface area (Å²) in [4.78, 5) is 10.1. The second-order valence-corrected chi connectivity index (χ2v) is 12.1. The van der Waals surface area contributed by atoms with Gasteiger partial charge in [0.15, 0.2) is 0 Å². The second kappa shape index (κ2) is 12.7. The zero-order valence-electron chi connectivity index (χ0n) is 26.3. The van der Waals surface area contributed by atoms with Crippen molar-refractivity contribution >= 4 is 32.7 Å². The van der Waals surface area contributed by atoms with E-state index in [0.29, 0.717) is 0 Å². The summed E-state index contributed by atoms with van der Waals surface area (Å²) in [6.45, 7) is 1.85. The highest BCUT2D eigenvalue weighted by atomic mass is 16.5. The molecule has 0 aliphatic carbocycles. The van der Waals surface area contributed by atoms with Crippen molar-refractivity contribution in [2.45, 2.75) is 24.7 Å². The van der Waals surface area contributed by atoms with Gasteiger partial charge in [-0.2, -0.15) is 0 Å². The van der Waals surface area contributed by atoms with E-state index >= 15 is 0 Å². The van der Waals surface area contributed by atoms with Gasteiger partial charge in [-0.15, -0.1) is 0 Å². The van der Waals surface area contributed by atoms with Crippen LogP contribution in [-0.4, -0.2) is 59.3 Å². The van der Waals surface area contributed by atoms with E-state index in [2.05, 4.69) is 136 Å². The van der Waals surface area contributed by atoms with Crippen LogP contribution in [0.1, 0.15) is 46.9 Å². The van der Waals surface area contributed by atoms with Crippen LogP contribution in [0.2, 0.25) is 0 Å². The van der Waals surface area contributed by atoms with Crippen molar-refractivity contribution in [1.82, 2.24) is 25.0 Å². The number of rotatable bonds is 12. The predicted octanol–water partition coefficient (Wildman–Crippen LogP) is 8.66. The van der Waals surface area contributed by atoms with Gasteiger partial charge in [0.25, 0.3) is 0 Å². The maximum absolute atomic E-state index is 6.02. The van der Waals surface area contributed by atoms with Crippen LogP contribution in [0.5, 0.6) is 5.75 Å². The zero-order chi connectivity index (χ0) is 30.8. The Hall–Kier alpha value is -4.78. The number of aromatic nitrogens is 3. The molecular weight excluding hydrogens is 554 g/mol. The third-order valence-electron chi connectivity index (χ3n) is 9.52. The number of hydrazine groups is 1. The van der Waals surface area contributed by atoms with Crippen molar-refractivity contribution < 1.29 is 4.74 Å². The van der Waals surface area contributed by atoms with Crippen molar-refractivity contribution in [2.75, 3.05) is 34.3 Å². The molecule has 228 valence electrons. The summed E-state index contributed by atoms with van der Waals surface area (Å²) >= 11 is 0. The monoisotopic (exact) mass is 595 g/mol. The molecule has 0 amide bonds. The van der Waals surface area contributed by atoms with E-state index in [1.807, 2.05) is 18.6 Å². The van der Waals surface area contributed by atoms with Crippen molar-refractivity contribution in [3.8, 4) is 5.75 Å². The first-order valence-electron chi connectivity index (χ1n) is 15.8.